The molecule has 0 aliphatic rings. The van der Waals surface area contributed by atoms with Crippen molar-refractivity contribution in [2.45, 2.75) is 13.0 Å². The fourth-order valence-corrected chi connectivity index (χ4v) is 2.89. The van der Waals surface area contributed by atoms with Crippen LogP contribution in [0.25, 0.3) is 10.8 Å². The van der Waals surface area contributed by atoms with Crippen LogP contribution in [0.15, 0.2) is 36.4 Å². The summed E-state index contributed by atoms with van der Waals surface area (Å²) in [6.07, 6.45) is 1.90. The molecule has 0 amide bonds. The van der Waals surface area contributed by atoms with Crippen LogP contribution < -0.4 is 14.8 Å². The van der Waals surface area contributed by atoms with Gasteiger partial charge < -0.3 is 10.1 Å². The second-order valence-electron chi connectivity index (χ2n) is 5.16. The molecule has 0 unspecified atom stereocenters. The van der Waals surface area contributed by atoms with Crippen LogP contribution in [0.4, 0.5) is 0 Å². The van der Waals surface area contributed by atoms with Crippen molar-refractivity contribution in [2.24, 2.45) is 0 Å². The zero-order valence-corrected chi connectivity index (χ0v) is 13.7. The van der Waals surface area contributed by atoms with Crippen molar-refractivity contribution in [1.29, 1.82) is 0 Å². The molecular formula is C16H22N2O3S. The molecule has 0 atom stereocenters. The SMILES string of the molecule is COc1ccc2ccccc2c1CNCCCNS(C)(=O)=O. The number of nitrogens with one attached hydrogen (secondary N) is 2. The third kappa shape index (κ3) is 4.69. The number of benzene rings is 2. The van der Waals surface area contributed by atoms with Crippen LogP contribution in [0.2, 0.25) is 0 Å². The van der Waals surface area contributed by atoms with Crippen LogP contribution in [0.1, 0.15) is 12.0 Å². The van der Waals surface area contributed by atoms with Gasteiger partial charge in [-0.2, -0.15) is 0 Å². The van der Waals surface area contributed by atoms with Crippen LogP contribution in [0, 0.1) is 0 Å². The van der Waals surface area contributed by atoms with E-state index in [0.29, 0.717) is 13.1 Å². The molecule has 0 radical (unpaired) electrons. The number of ether oxygens (including phenoxy) is 1. The lowest BCUT2D eigenvalue weighted by Crippen LogP contribution is -2.26. The van der Waals surface area contributed by atoms with E-state index in [1.807, 2.05) is 24.3 Å². The summed E-state index contributed by atoms with van der Waals surface area (Å²) in [7, 11) is -1.43. The van der Waals surface area contributed by atoms with Gasteiger partial charge in [-0.1, -0.05) is 30.3 Å². The van der Waals surface area contributed by atoms with Gasteiger partial charge in [0.15, 0.2) is 0 Å². The third-order valence-electron chi connectivity index (χ3n) is 3.41. The van der Waals surface area contributed by atoms with Gasteiger partial charge in [0.25, 0.3) is 0 Å². The molecule has 0 aliphatic carbocycles. The number of rotatable bonds is 8. The zero-order valence-electron chi connectivity index (χ0n) is 12.9. The highest BCUT2D eigenvalue weighted by atomic mass is 32.2. The summed E-state index contributed by atoms with van der Waals surface area (Å²) in [5.74, 6) is 0.862. The molecular weight excluding hydrogens is 300 g/mol. The molecule has 0 spiro atoms. The standard InChI is InChI=1S/C16H22N2O3S/c1-21-16-9-8-13-6-3-4-7-14(13)15(16)12-17-10-5-11-18-22(2,19)20/h3-4,6-9,17-18H,5,10-12H2,1-2H3. The Hall–Kier alpha value is -1.63. The van der Waals surface area contributed by atoms with E-state index in [1.165, 1.54) is 17.0 Å². The van der Waals surface area contributed by atoms with E-state index in [1.54, 1.807) is 7.11 Å². The van der Waals surface area contributed by atoms with Gasteiger partial charge in [0.1, 0.15) is 5.75 Å². The molecule has 22 heavy (non-hydrogen) atoms. The Balaban J connectivity index is 1.96. The molecule has 2 aromatic rings. The average Bonchev–Trinajstić information content (AvgIpc) is 2.49. The zero-order chi connectivity index (χ0) is 16.0. The Morgan fingerprint density at radius 2 is 1.86 bits per heavy atom. The number of fused-ring (bicyclic) bond motifs is 1. The first-order valence-corrected chi connectivity index (χ1v) is 9.10. The maximum atomic E-state index is 11.0. The van der Waals surface area contributed by atoms with E-state index in [0.717, 1.165) is 24.3 Å². The smallest absolute Gasteiger partial charge is 0.208 e. The molecule has 6 heteroatoms. The van der Waals surface area contributed by atoms with Crippen molar-refractivity contribution in [3.8, 4) is 5.75 Å². The van der Waals surface area contributed by atoms with Crippen LogP contribution in [-0.2, 0) is 16.6 Å². The van der Waals surface area contributed by atoms with Crippen molar-refractivity contribution in [3.05, 3.63) is 42.0 Å². The van der Waals surface area contributed by atoms with E-state index in [4.69, 9.17) is 4.74 Å². The summed E-state index contributed by atoms with van der Waals surface area (Å²) in [5, 5.41) is 5.69. The number of sulfonamides is 1. The minimum absolute atomic E-state index is 0.443. The monoisotopic (exact) mass is 322 g/mol. The first-order valence-electron chi connectivity index (χ1n) is 7.21. The normalized spacial score (nSPS) is 11.7. The van der Waals surface area contributed by atoms with Crippen molar-refractivity contribution in [1.82, 2.24) is 10.0 Å². The molecule has 2 N–H and O–H groups in total. The maximum Gasteiger partial charge on any atom is 0.208 e. The largest absolute Gasteiger partial charge is 0.496 e. The summed E-state index contributed by atoms with van der Waals surface area (Å²) in [4.78, 5) is 0. The predicted octanol–water partition coefficient (Wildman–Crippen LogP) is 1.88. The Bertz CT molecular complexity index is 729. The molecule has 0 aliphatic heterocycles. The van der Waals surface area contributed by atoms with Crippen LogP contribution in [0.3, 0.4) is 0 Å². The molecule has 0 saturated carbocycles. The maximum absolute atomic E-state index is 11.0. The van der Waals surface area contributed by atoms with E-state index in [2.05, 4.69) is 22.2 Å². The van der Waals surface area contributed by atoms with E-state index < -0.39 is 10.0 Å². The van der Waals surface area contributed by atoms with E-state index in [-0.39, 0.29) is 0 Å². The topological polar surface area (TPSA) is 67.4 Å². The Morgan fingerprint density at radius 3 is 2.59 bits per heavy atom. The van der Waals surface area contributed by atoms with E-state index >= 15 is 0 Å². The fourth-order valence-electron chi connectivity index (χ4n) is 2.37. The minimum Gasteiger partial charge on any atom is -0.496 e. The summed E-state index contributed by atoms with van der Waals surface area (Å²) in [5.41, 5.74) is 1.12. The molecule has 2 rings (SSSR count). The molecule has 120 valence electrons. The van der Waals surface area contributed by atoms with Gasteiger partial charge in [-0.25, -0.2) is 13.1 Å². The highest BCUT2D eigenvalue weighted by Gasteiger charge is 2.07. The van der Waals surface area contributed by atoms with Crippen LogP contribution in [0.5, 0.6) is 5.75 Å². The van der Waals surface area contributed by atoms with E-state index in [9.17, 15) is 8.42 Å². The fraction of sp³-hybridized carbons (Fsp3) is 0.375. The van der Waals surface area contributed by atoms with Gasteiger partial charge in [0.05, 0.1) is 13.4 Å². The first-order chi connectivity index (χ1) is 10.5. The van der Waals surface area contributed by atoms with Gasteiger partial charge in [-0.05, 0) is 29.8 Å². The number of methoxy groups -OCH3 is 1. The van der Waals surface area contributed by atoms with Crippen molar-refractivity contribution < 1.29 is 13.2 Å². The van der Waals surface area contributed by atoms with Crippen LogP contribution in [-0.4, -0.2) is 34.9 Å². The Morgan fingerprint density at radius 1 is 1.09 bits per heavy atom. The van der Waals surface area contributed by atoms with Gasteiger partial charge >= 0.3 is 0 Å². The highest BCUT2D eigenvalue weighted by molar-refractivity contribution is 7.88. The first kappa shape index (κ1) is 16.7. The van der Waals surface area contributed by atoms with Gasteiger partial charge in [0.2, 0.25) is 10.0 Å². The summed E-state index contributed by atoms with van der Waals surface area (Å²) in [6.45, 7) is 1.86. The van der Waals surface area contributed by atoms with Crippen molar-refractivity contribution >= 4 is 20.8 Å². The van der Waals surface area contributed by atoms with Gasteiger partial charge in [-0.15, -0.1) is 0 Å². The van der Waals surface area contributed by atoms with Gasteiger partial charge in [-0.3, -0.25) is 0 Å². The van der Waals surface area contributed by atoms with Crippen LogP contribution >= 0.6 is 0 Å². The number of hydrogen-bond acceptors (Lipinski definition) is 4. The summed E-state index contributed by atoms with van der Waals surface area (Å²) in [6, 6.07) is 12.2. The highest BCUT2D eigenvalue weighted by Crippen LogP contribution is 2.27. The molecule has 2 aromatic carbocycles. The molecule has 0 heterocycles. The Labute approximate surface area is 131 Å². The molecule has 0 aromatic heterocycles. The lowest BCUT2D eigenvalue weighted by molar-refractivity contribution is 0.408. The minimum atomic E-state index is -3.10. The molecule has 0 bridgehead atoms. The number of hydrogen-bond donors (Lipinski definition) is 2. The summed E-state index contributed by atoms with van der Waals surface area (Å²) >= 11 is 0. The lowest BCUT2D eigenvalue weighted by Gasteiger charge is -2.13. The van der Waals surface area contributed by atoms with Crippen molar-refractivity contribution in [3.63, 3.8) is 0 Å². The third-order valence-corrected chi connectivity index (χ3v) is 4.14. The van der Waals surface area contributed by atoms with Gasteiger partial charge in [0, 0.05) is 18.7 Å². The van der Waals surface area contributed by atoms with Crippen molar-refractivity contribution in [2.75, 3.05) is 26.5 Å². The average molecular weight is 322 g/mol. The Kier molecular flexibility index (Phi) is 5.76. The summed E-state index contributed by atoms with van der Waals surface area (Å²) < 4.78 is 29.9. The molecule has 5 nitrogen and oxygen atoms in total. The molecule has 0 saturated heterocycles. The quantitative estimate of drug-likeness (QED) is 0.728. The second-order valence-corrected chi connectivity index (χ2v) is 7.00. The molecule has 0 fully saturated rings. The lowest BCUT2D eigenvalue weighted by atomic mass is 10.0. The predicted molar refractivity (Wildman–Crippen MR) is 89.7 cm³/mol. The second kappa shape index (κ2) is 7.58.